The fourth-order valence-corrected chi connectivity index (χ4v) is 1.59. The van der Waals surface area contributed by atoms with Crippen LogP contribution in [0.2, 0.25) is 0 Å². The summed E-state index contributed by atoms with van der Waals surface area (Å²) in [6, 6.07) is 4.28. The highest BCUT2D eigenvalue weighted by molar-refractivity contribution is 9.23. The van der Waals surface area contributed by atoms with Crippen molar-refractivity contribution in [2.24, 2.45) is 0 Å². The number of aryl methyl sites for hydroxylation is 1. The zero-order chi connectivity index (χ0) is 8.43. The van der Waals surface area contributed by atoms with Crippen molar-refractivity contribution in [3.8, 4) is 0 Å². The smallest absolute Gasteiger partial charge is 0.158 e. The van der Waals surface area contributed by atoms with E-state index in [1.54, 1.807) is 0 Å². The molecule has 0 aliphatic carbocycles. The fourth-order valence-electron chi connectivity index (χ4n) is 1.10. The van der Waals surface area contributed by atoms with Crippen LogP contribution in [0.25, 0.3) is 0 Å². The van der Waals surface area contributed by atoms with Crippen LogP contribution in [-0.4, -0.2) is 6.10 Å². The van der Waals surface area contributed by atoms with Crippen LogP contribution < -0.4 is 5.46 Å². The predicted octanol–water partition coefficient (Wildman–Crippen LogP) is 2.25. The summed E-state index contributed by atoms with van der Waals surface area (Å²) in [4.78, 5) is 0. The van der Waals surface area contributed by atoms with Gasteiger partial charge in [0, 0.05) is 0 Å². The second-order valence-corrected chi connectivity index (χ2v) is 3.29. The first kappa shape index (κ1) is 8.86. The fraction of sp³-hybridized carbons (Fsp3) is 0.333. The van der Waals surface area contributed by atoms with Crippen LogP contribution in [0.5, 0.6) is 0 Å². The Bertz CT molecular complexity index is 269. The lowest BCUT2D eigenvalue weighted by atomic mass is 9.87. The van der Waals surface area contributed by atoms with E-state index in [1.165, 1.54) is 22.2 Å². The van der Waals surface area contributed by atoms with Crippen molar-refractivity contribution in [3.63, 3.8) is 0 Å². The zero-order valence-electron chi connectivity index (χ0n) is 7.11. The van der Waals surface area contributed by atoms with E-state index in [1.807, 2.05) is 6.10 Å². The molecule has 1 aromatic carbocycles. The van der Waals surface area contributed by atoms with Gasteiger partial charge in [-0.25, -0.2) is 0 Å². The molecule has 1 rings (SSSR count). The van der Waals surface area contributed by atoms with Gasteiger partial charge in [0.1, 0.15) is 0 Å². The molecule has 0 fully saturated rings. The van der Waals surface area contributed by atoms with Crippen LogP contribution in [0.1, 0.15) is 16.7 Å². The summed E-state index contributed by atoms with van der Waals surface area (Å²) >= 11 is 3.34. The molecule has 11 heavy (non-hydrogen) atoms. The average molecular weight is 210 g/mol. The molecule has 0 aliphatic rings. The molecule has 0 aliphatic heterocycles. The Labute approximate surface area is 77.2 Å². The predicted molar refractivity (Wildman–Crippen MR) is 55.0 cm³/mol. The van der Waals surface area contributed by atoms with Crippen molar-refractivity contribution in [1.29, 1.82) is 0 Å². The van der Waals surface area contributed by atoms with E-state index in [9.17, 15) is 0 Å². The van der Waals surface area contributed by atoms with Gasteiger partial charge in [0.05, 0.1) is 0 Å². The third-order valence-electron chi connectivity index (χ3n) is 2.22. The number of hydrogen-bond acceptors (Lipinski definition) is 0. The molecular weight excluding hydrogens is 199 g/mol. The number of hydrogen-bond donors (Lipinski definition) is 0. The second-order valence-electron chi connectivity index (χ2n) is 2.83. The van der Waals surface area contributed by atoms with Crippen LogP contribution >= 0.6 is 15.8 Å². The lowest BCUT2D eigenvalue weighted by Crippen LogP contribution is -2.14. The van der Waals surface area contributed by atoms with Gasteiger partial charge >= 0.3 is 0 Å². The maximum absolute atomic E-state index is 3.34. The SMILES string of the molecule is Cc1ccc([B]Br)c(C)c1C. The number of rotatable bonds is 1. The van der Waals surface area contributed by atoms with Crippen molar-refractivity contribution < 1.29 is 0 Å². The van der Waals surface area contributed by atoms with Crippen molar-refractivity contribution in [3.05, 3.63) is 28.8 Å². The van der Waals surface area contributed by atoms with Crippen molar-refractivity contribution >= 4 is 27.3 Å². The van der Waals surface area contributed by atoms with E-state index in [0.29, 0.717) is 0 Å². The summed E-state index contributed by atoms with van der Waals surface area (Å²) in [6.07, 6.45) is 1.97. The maximum atomic E-state index is 3.34. The third kappa shape index (κ3) is 1.67. The minimum absolute atomic E-state index is 1.27. The van der Waals surface area contributed by atoms with Gasteiger partial charge in [-0.15, -0.1) is 0 Å². The van der Waals surface area contributed by atoms with Crippen LogP contribution in [0.15, 0.2) is 12.1 Å². The van der Waals surface area contributed by atoms with E-state index in [4.69, 9.17) is 0 Å². The lowest BCUT2D eigenvalue weighted by Gasteiger charge is -2.07. The molecule has 0 aromatic heterocycles. The molecule has 0 amide bonds. The Morgan fingerprint density at radius 3 is 2.27 bits per heavy atom. The van der Waals surface area contributed by atoms with Crippen molar-refractivity contribution in [1.82, 2.24) is 0 Å². The zero-order valence-corrected chi connectivity index (χ0v) is 8.70. The molecule has 0 atom stereocenters. The molecule has 0 nitrogen and oxygen atoms in total. The molecule has 57 valence electrons. The van der Waals surface area contributed by atoms with Gasteiger partial charge in [-0.3, -0.25) is 0 Å². The van der Waals surface area contributed by atoms with Crippen LogP contribution in [0.3, 0.4) is 0 Å². The third-order valence-corrected chi connectivity index (χ3v) is 2.71. The molecule has 0 N–H and O–H groups in total. The van der Waals surface area contributed by atoms with E-state index in [-0.39, 0.29) is 0 Å². The van der Waals surface area contributed by atoms with Gasteiger partial charge in [-0.2, -0.15) is 15.8 Å². The van der Waals surface area contributed by atoms with Gasteiger partial charge in [-0.1, -0.05) is 23.2 Å². The minimum atomic E-state index is 1.27. The molecule has 0 bridgehead atoms. The van der Waals surface area contributed by atoms with Crippen LogP contribution in [0, 0.1) is 20.8 Å². The highest BCUT2D eigenvalue weighted by Crippen LogP contribution is 2.09. The molecule has 1 radical (unpaired) electrons. The van der Waals surface area contributed by atoms with Crippen molar-refractivity contribution in [2.45, 2.75) is 20.8 Å². The largest absolute Gasteiger partial charge is 0.243 e. The van der Waals surface area contributed by atoms with Crippen molar-refractivity contribution in [2.75, 3.05) is 0 Å². The summed E-state index contributed by atoms with van der Waals surface area (Å²) in [5.74, 6) is 0. The number of halogens is 1. The Hall–Kier alpha value is -0.235. The Kier molecular flexibility index (Phi) is 2.77. The molecule has 0 spiro atoms. The van der Waals surface area contributed by atoms with Gasteiger partial charge in [0.25, 0.3) is 0 Å². The number of benzene rings is 1. The molecule has 0 saturated carbocycles. The molecule has 0 unspecified atom stereocenters. The standard InChI is InChI=1S/C9H11BBr/c1-6-4-5-9(10-11)8(3)7(6)2/h4-5H,1-3H3. The summed E-state index contributed by atoms with van der Waals surface area (Å²) < 4.78 is 0. The normalized spacial score (nSPS) is 9.82. The van der Waals surface area contributed by atoms with Gasteiger partial charge in [0.2, 0.25) is 6.10 Å². The topological polar surface area (TPSA) is 0 Å². The Morgan fingerprint density at radius 1 is 1.09 bits per heavy atom. The molecule has 0 saturated heterocycles. The highest BCUT2D eigenvalue weighted by atomic mass is 79.9. The molecule has 2 heteroatoms. The van der Waals surface area contributed by atoms with E-state index in [0.717, 1.165) is 0 Å². The first-order valence-corrected chi connectivity index (χ1v) is 4.58. The Balaban J connectivity index is 3.25. The Morgan fingerprint density at radius 2 is 1.73 bits per heavy atom. The molecule has 1 aromatic rings. The van der Waals surface area contributed by atoms with E-state index >= 15 is 0 Å². The molecule has 0 heterocycles. The quantitative estimate of drug-likeness (QED) is 0.623. The first-order valence-electron chi connectivity index (χ1n) is 3.67. The van der Waals surface area contributed by atoms with Crippen LogP contribution in [0.4, 0.5) is 0 Å². The summed E-state index contributed by atoms with van der Waals surface area (Å²) in [6.45, 7) is 6.44. The van der Waals surface area contributed by atoms with Gasteiger partial charge in [0.15, 0.2) is 0 Å². The molecular formula is C9H11BBr. The summed E-state index contributed by atoms with van der Waals surface area (Å²) in [5.41, 5.74) is 5.38. The monoisotopic (exact) mass is 209 g/mol. The first-order chi connectivity index (χ1) is 5.16. The van der Waals surface area contributed by atoms with Crippen LogP contribution in [-0.2, 0) is 0 Å². The van der Waals surface area contributed by atoms with E-state index in [2.05, 4.69) is 48.7 Å². The second kappa shape index (κ2) is 3.44. The average Bonchev–Trinajstić information content (AvgIpc) is 2.01. The van der Waals surface area contributed by atoms with Gasteiger partial charge < -0.3 is 0 Å². The van der Waals surface area contributed by atoms with Gasteiger partial charge in [-0.05, 0) is 31.9 Å². The highest BCUT2D eigenvalue weighted by Gasteiger charge is 2.01. The van der Waals surface area contributed by atoms with E-state index < -0.39 is 0 Å². The summed E-state index contributed by atoms with van der Waals surface area (Å²) in [5, 5.41) is 0. The minimum Gasteiger partial charge on any atom is -0.158 e. The maximum Gasteiger partial charge on any atom is 0.243 e. The lowest BCUT2D eigenvalue weighted by molar-refractivity contribution is 1.28. The summed E-state index contributed by atoms with van der Waals surface area (Å²) in [7, 11) is 0.